The zero-order valence-corrected chi connectivity index (χ0v) is 11.1. The number of hydrogen-bond acceptors (Lipinski definition) is 3. The molecule has 3 aromatic rings. The number of hydrogen-bond donors (Lipinski definition) is 1. The van der Waals surface area contributed by atoms with E-state index in [0.29, 0.717) is 18.2 Å². The standard InChI is InChI=1S/C15H14N4O/c1-2-19-12-8-4-3-7-11(12)17-14(19)15(20)18-13-9-5-6-10-16-13/h3-10H,2H2,1H3,(H,16,18,20). The summed E-state index contributed by atoms with van der Waals surface area (Å²) < 4.78 is 1.90. The molecule has 0 bridgehead atoms. The lowest BCUT2D eigenvalue weighted by molar-refractivity contribution is 0.101. The van der Waals surface area contributed by atoms with Crippen LogP contribution in [0.1, 0.15) is 17.5 Å². The molecule has 3 rings (SSSR count). The molecule has 5 heteroatoms. The van der Waals surface area contributed by atoms with E-state index in [2.05, 4.69) is 15.3 Å². The van der Waals surface area contributed by atoms with Gasteiger partial charge < -0.3 is 9.88 Å². The highest BCUT2D eigenvalue weighted by Gasteiger charge is 2.16. The van der Waals surface area contributed by atoms with Crippen LogP contribution in [0, 0.1) is 0 Å². The van der Waals surface area contributed by atoms with Gasteiger partial charge in [0.15, 0.2) is 5.82 Å². The van der Waals surface area contributed by atoms with Gasteiger partial charge in [0.2, 0.25) is 0 Å². The van der Waals surface area contributed by atoms with Crippen molar-refractivity contribution in [2.75, 3.05) is 5.32 Å². The Balaban J connectivity index is 1.99. The van der Waals surface area contributed by atoms with Crippen molar-refractivity contribution < 1.29 is 4.79 Å². The predicted octanol–water partition coefficient (Wildman–Crippen LogP) is 2.70. The molecule has 2 aromatic heterocycles. The number of carbonyl (C=O) groups is 1. The predicted molar refractivity (Wildman–Crippen MR) is 77.6 cm³/mol. The highest BCUT2D eigenvalue weighted by Crippen LogP contribution is 2.16. The fraction of sp³-hybridized carbons (Fsp3) is 0.133. The lowest BCUT2D eigenvalue weighted by Crippen LogP contribution is -2.18. The lowest BCUT2D eigenvalue weighted by atomic mass is 10.3. The third kappa shape index (κ3) is 2.14. The van der Waals surface area contributed by atoms with E-state index in [9.17, 15) is 4.79 Å². The van der Waals surface area contributed by atoms with E-state index in [1.165, 1.54) is 0 Å². The second kappa shape index (κ2) is 5.13. The number of aryl methyl sites for hydroxylation is 1. The number of aromatic nitrogens is 3. The Hall–Kier alpha value is -2.69. The molecule has 0 spiro atoms. The maximum atomic E-state index is 12.3. The van der Waals surface area contributed by atoms with Gasteiger partial charge in [0.05, 0.1) is 11.0 Å². The number of carbonyl (C=O) groups excluding carboxylic acids is 1. The second-order valence-electron chi connectivity index (χ2n) is 4.34. The van der Waals surface area contributed by atoms with Crippen molar-refractivity contribution in [2.24, 2.45) is 0 Å². The molecule has 0 aliphatic heterocycles. The SMILES string of the molecule is CCn1c(C(=O)Nc2ccccn2)nc2ccccc21. The number of rotatable bonds is 3. The summed E-state index contributed by atoms with van der Waals surface area (Å²) >= 11 is 0. The average molecular weight is 266 g/mol. The Morgan fingerprint density at radius 1 is 1.20 bits per heavy atom. The van der Waals surface area contributed by atoms with Crippen LogP contribution in [0.25, 0.3) is 11.0 Å². The number of nitrogens with zero attached hydrogens (tertiary/aromatic N) is 3. The number of para-hydroxylation sites is 2. The molecule has 0 aliphatic carbocycles. The molecular weight excluding hydrogens is 252 g/mol. The van der Waals surface area contributed by atoms with Crippen LogP contribution in [0.3, 0.4) is 0 Å². The van der Waals surface area contributed by atoms with Gasteiger partial charge in [-0.1, -0.05) is 18.2 Å². The Morgan fingerprint density at radius 3 is 2.75 bits per heavy atom. The molecule has 0 atom stereocenters. The zero-order valence-electron chi connectivity index (χ0n) is 11.1. The van der Waals surface area contributed by atoms with Crippen LogP contribution >= 0.6 is 0 Å². The summed E-state index contributed by atoms with van der Waals surface area (Å²) in [6.07, 6.45) is 1.64. The van der Waals surface area contributed by atoms with Gasteiger partial charge in [0, 0.05) is 12.7 Å². The van der Waals surface area contributed by atoms with E-state index in [4.69, 9.17) is 0 Å². The monoisotopic (exact) mass is 266 g/mol. The largest absolute Gasteiger partial charge is 0.320 e. The van der Waals surface area contributed by atoms with Crippen molar-refractivity contribution in [1.29, 1.82) is 0 Å². The van der Waals surface area contributed by atoms with Gasteiger partial charge in [-0.3, -0.25) is 4.79 Å². The highest BCUT2D eigenvalue weighted by molar-refractivity contribution is 6.03. The minimum atomic E-state index is -0.248. The van der Waals surface area contributed by atoms with Crippen LogP contribution in [0.5, 0.6) is 0 Å². The number of imidazole rings is 1. The molecule has 0 saturated heterocycles. The van der Waals surface area contributed by atoms with E-state index in [0.717, 1.165) is 11.0 Å². The minimum absolute atomic E-state index is 0.248. The van der Waals surface area contributed by atoms with E-state index < -0.39 is 0 Å². The molecule has 0 aliphatic rings. The van der Waals surface area contributed by atoms with Crippen LogP contribution in [-0.4, -0.2) is 20.4 Å². The Kier molecular flexibility index (Phi) is 3.16. The maximum Gasteiger partial charge on any atom is 0.292 e. The molecule has 1 amide bonds. The molecule has 1 aromatic carbocycles. The molecule has 5 nitrogen and oxygen atoms in total. The van der Waals surface area contributed by atoms with Crippen molar-refractivity contribution >= 4 is 22.8 Å². The number of pyridine rings is 1. The van der Waals surface area contributed by atoms with Crippen molar-refractivity contribution in [2.45, 2.75) is 13.5 Å². The van der Waals surface area contributed by atoms with Crippen molar-refractivity contribution in [1.82, 2.24) is 14.5 Å². The van der Waals surface area contributed by atoms with Crippen LogP contribution < -0.4 is 5.32 Å². The first-order valence-corrected chi connectivity index (χ1v) is 6.47. The molecule has 1 N–H and O–H groups in total. The number of amides is 1. The summed E-state index contributed by atoms with van der Waals surface area (Å²) in [4.78, 5) is 20.8. The average Bonchev–Trinajstić information content (AvgIpc) is 2.87. The summed E-state index contributed by atoms with van der Waals surface area (Å²) in [5, 5.41) is 2.76. The second-order valence-corrected chi connectivity index (χ2v) is 4.34. The number of nitrogens with one attached hydrogen (secondary N) is 1. The van der Waals surface area contributed by atoms with Crippen molar-refractivity contribution in [3.8, 4) is 0 Å². The van der Waals surface area contributed by atoms with Gasteiger partial charge in [-0.05, 0) is 31.2 Å². The maximum absolute atomic E-state index is 12.3. The van der Waals surface area contributed by atoms with Gasteiger partial charge in [0.1, 0.15) is 5.82 Å². The topological polar surface area (TPSA) is 59.8 Å². The minimum Gasteiger partial charge on any atom is -0.320 e. The smallest absolute Gasteiger partial charge is 0.292 e. The fourth-order valence-corrected chi connectivity index (χ4v) is 2.18. The normalized spacial score (nSPS) is 10.7. The van der Waals surface area contributed by atoms with E-state index in [1.807, 2.05) is 41.8 Å². The van der Waals surface area contributed by atoms with Crippen LogP contribution in [0.15, 0.2) is 48.7 Å². The summed E-state index contributed by atoms with van der Waals surface area (Å²) in [7, 11) is 0. The number of fused-ring (bicyclic) bond motifs is 1. The molecule has 20 heavy (non-hydrogen) atoms. The fourth-order valence-electron chi connectivity index (χ4n) is 2.18. The molecule has 2 heterocycles. The molecule has 0 radical (unpaired) electrons. The van der Waals surface area contributed by atoms with E-state index >= 15 is 0 Å². The van der Waals surface area contributed by atoms with Gasteiger partial charge in [-0.2, -0.15) is 0 Å². The van der Waals surface area contributed by atoms with Crippen LogP contribution in [0.4, 0.5) is 5.82 Å². The first-order chi connectivity index (χ1) is 9.79. The molecule has 100 valence electrons. The Morgan fingerprint density at radius 2 is 2.00 bits per heavy atom. The van der Waals surface area contributed by atoms with Crippen molar-refractivity contribution in [3.63, 3.8) is 0 Å². The lowest BCUT2D eigenvalue weighted by Gasteiger charge is -2.06. The first kappa shape index (κ1) is 12.3. The van der Waals surface area contributed by atoms with Gasteiger partial charge in [-0.15, -0.1) is 0 Å². The Bertz CT molecular complexity index is 749. The van der Waals surface area contributed by atoms with Crippen molar-refractivity contribution in [3.05, 3.63) is 54.5 Å². The Labute approximate surface area is 116 Å². The molecular formula is C15H14N4O. The van der Waals surface area contributed by atoms with Gasteiger partial charge >= 0.3 is 0 Å². The summed E-state index contributed by atoms with van der Waals surface area (Å²) in [6.45, 7) is 2.68. The summed E-state index contributed by atoms with van der Waals surface area (Å²) in [5.74, 6) is 0.674. The number of benzene rings is 1. The highest BCUT2D eigenvalue weighted by atomic mass is 16.2. The van der Waals surface area contributed by atoms with Crippen LogP contribution in [-0.2, 0) is 6.54 Å². The summed E-state index contributed by atoms with van der Waals surface area (Å²) in [6, 6.07) is 13.1. The molecule has 0 unspecified atom stereocenters. The quantitative estimate of drug-likeness (QED) is 0.793. The van der Waals surface area contributed by atoms with E-state index in [-0.39, 0.29) is 5.91 Å². The zero-order chi connectivity index (χ0) is 13.9. The number of anilines is 1. The molecule has 0 saturated carbocycles. The van der Waals surface area contributed by atoms with E-state index in [1.54, 1.807) is 18.3 Å². The van der Waals surface area contributed by atoms with Gasteiger partial charge in [0.25, 0.3) is 5.91 Å². The third-order valence-corrected chi connectivity index (χ3v) is 3.08. The molecule has 0 fully saturated rings. The summed E-state index contributed by atoms with van der Waals surface area (Å²) in [5.41, 5.74) is 1.78. The van der Waals surface area contributed by atoms with Crippen LogP contribution in [0.2, 0.25) is 0 Å². The third-order valence-electron chi connectivity index (χ3n) is 3.08. The first-order valence-electron chi connectivity index (χ1n) is 6.47. The van der Waals surface area contributed by atoms with Gasteiger partial charge in [-0.25, -0.2) is 9.97 Å².